The Bertz CT molecular complexity index is 343. The molecule has 23 heavy (non-hydrogen) atoms. The van der Waals surface area contributed by atoms with Gasteiger partial charge >= 0.3 is 11.9 Å². The molecule has 1 aliphatic heterocycles. The van der Waals surface area contributed by atoms with Gasteiger partial charge in [0, 0.05) is 5.25 Å². The topological polar surface area (TPSA) is 77.8 Å². The summed E-state index contributed by atoms with van der Waals surface area (Å²) >= 11 is 1.66. The zero-order valence-corrected chi connectivity index (χ0v) is 15.8. The normalized spacial score (nSPS) is 18.6. The molecule has 0 amide bonds. The van der Waals surface area contributed by atoms with Gasteiger partial charge in [0.2, 0.25) is 0 Å². The lowest BCUT2D eigenvalue weighted by Crippen LogP contribution is -2.38. The second-order valence-corrected chi connectivity index (χ2v) is 6.93. The summed E-state index contributed by atoms with van der Waals surface area (Å²) in [7, 11) is 0. The van der Waals surface area contributed by atoms with Crippen molar-refractivity contribution in [2.75, 3.05) is 25.9 Å². The van der Waals surface area contributed by atoms with Gasteiger partial charge in [0.25, 0.3) is 0 Å². The fourth-order valence-electron chi connectivity index (χ4n) is 3.10. The Labute approximate surface area is 144 Å². The van der Waals surface area contributed by atoms with E-state index in [-0.39, 0.29) is 17.7 Å². The molecule has 2 N–H and O–H groups in total. The van der Waals surface area contributed by atoms with Crippen LogP contribution >= 0.6 is 11.8 Å². The number of nitrogens with zero attached hydrogens (tertiary/aromatic N) is 1. The first kappa shape index (κ1) is 22.2. The monoisotopic (exact) mass is 347 g/mol. The van der Waals surface area contributed by atoms with Crippen molar-refractivity contribution in [1.29, 1.82) is 0 Å². The van der Waals surface area contributed by atoms with Gasteiger partial charge in [-0.3, -0.25) is 14.5 Å². The third kappa shape index (κ3) is 8.61. The lowest BCUT2D eigenvalue weighted by Gasteiger charge is -2.33. The first-order chi connectivity index (χ1) is 11.0. The number of carboxylic acid groups (broad SMARTS) is 2. The van der Waals surface area contributed by atoms with E-state index in [1.54, 1.807) is 11.8 Å². The van der Waals surface area contributed by atoms with Crippen molar-refractivity contribution in [2.45, 2.75) is 58.1 Å². The zero-order valence-electron chi connectivity index (χ0n) is 15.0. The Morgan fingerprint density at radius 1 is 1.22 bits per heavy atom. The molecule has 0 aromatic rings. The van der Waals surface area contributed by atoms with E-state index in [1.165, 1.54) is 0 Å². The predicted molar refractivity (Wildman–Crippen MR) is 96.1 cm³/mol. The van der Waals surface area contributed by atoms with E-state index in [2.05, 4.69) is 0 Å². The number of thioether (sulfide) groups is 1. The lowest BCUT2D eigenvalue weighted by atomic mass is 9.87. The largest absolute Gasteiger partial charge is 0.481 e. The number of carbonyl (C=O) groups is 2. The summed E-state index contributed by atoms with van der Waals surface area (Å²) in [4.78, 5) is 24.1. The van der Waals surface area contributed by atoms with Crippen LogP contribution in [0.15, 0.2) is 0 Å². The molecule has 2 unspecified atom stereocenters. The third-order valence-electron chi connectivity index (χ3n) is 4.30. The van der Waals surface area contributed by atoms with Gasteiger partial charge in [-0.1, -0.05) is 27.2 Å². The second-order valence-electron chi connectivity index (χ2n) is 5.86. The maximum atomic E-state index is 11.4. The van der Waals surface area contributed by atoms with Crippen molar-refractivity contribution >= 4 is 23.7 Å². The number of likely N-dealkylation sites (tertiary alicyclic amines) is 1. The van der Waals surface area contributed by atoms with Crippen molar-refractivity contribution in [3.8, 4) is 0 Å². The van der Waals surface area contributed by atoms with Crippen molar-refractivity contribution in [3.05, 3.63) is 0 Å². The SMILES string of the molecule is CC.CCCC(C(=O)O)C(CC1CCN(CC(=O)O)CC1)SC. The highest BCUT2D eigenvalue weighted by Gasteiger charge is 2.30. The molecule has 0 aliphatic carbocycles. The molecule has 1 rings (SSSR count). The molecule has 1 aliphatic rings. The van der Waals surface area contributed by atoms with E-state index in [9.17, 15) is 14.7 Å². The van der Waals surface area contributed by atoms with E-state index in [1.807, 2.05) is 31.9 Å². The molecular formula is C17H33NO4S. The Kier molecular flexibility index (Phi) is 12.2. The summed E-state index contributed by atoms with van der Waals surface area (Å²) in [6.07, 6.45) is 6.50. The van der Waals surface area contributed by atoms with Crippen molar-refractivity contribution in [2.24, 2.45) is 11.8 Å². The quantitative estimate of drug-likeness (QED) is 0.665. The molecule has 0 saturated carbocycles. The Morgan fingerprint density at radius 2 is 1.78 bits per heavy atom. The maximum absolute atomic E-state index is 11.4. The molecule has 0 aromatic carbocycles. The smallest absolute Gasteiger partial charge is 0.317 e. The summed E-state index contributed by atoms with van der Waals surface area (Å²) in [6, 6.07) is 0. The molecule has 0 spiro atoms. The molecule has 1 saturated heterocycles. The zero-order chi connectivity index (χ0) is 17.8. The molecule has 1 fully saturated rings. The van der Waals surface area contributed by atoms with Gasteiger partial charge in [-0.05, 0) is 50.9 Å². The van der Waals surface area contributed by atoms with E-state index in [4.69, 9.17) is 5.11 Å². The number of rotatable bonds is 9. The second kappa shape index (κ2) is 12.6. The number of hydrogen-bond donors (Lipinski definition) is 2. The molecule has 0 bridgehead atoms. The molecule has 1 heterocycles. The summed E-state index contributed by atoms with van der Waals surface area (Å²) in [5.41, 5.74) is 0. The molecule has 0 aromatic heterocycles. The van der Waals surface area contributed by atoms with E-state index < -0.39 is 11.9 Å². The molecule has 0 radical (unpaired) electrons. The van der Waals surface area contributed by atoms with Crippen molar-refractivity contribution < 1.29 is 19.8 Å². The number of piperidine rings is 1. The van der Waals surface area contributed by atoms with Gasteiger partial charge in [-0.2, -0.15) is 11.8 Å². The summed E-state index contributed by atoms with van der Waals surface area (Å²) in [5.74, 6) is -1.20. The Balaban J connectivity index is 0.00000232. The van der Waals surface area contributed by atoms with Crippen LogP contribution in [0, 0.1) is 11.8 Å². The fourth-order valence-corrected chi connectivity index (χ4v) is 4.15. The first-order valence-corrected chi connectivity index (χ1v) is 9.96. The van der Waals surface area contributed by atoms with Crippen LogP contribution in [0.25, 0.3) is 0 Å². The number of aliphatic carboxylic acids is 2. The van der Waals surface area contributed by atoms with Gasteiger partial charge in [0.05, 0.1) is 12.5 Å². The van der Waals surface area contributed by atoms with Crippen LogP contribution in [0.5, 0.6) is 0 Å². The first-order valence-electron chi connectivity index (χ1n) is 8.67. The predicted octanol–water partition coefficient (Wildman–Crippen LogP) is 3.43. The summed E-state index contributed by atoms with van der Waals surface area (Å²) in [5, 5.41) is 18.4. The Morgan fingerprint density at radius 3 is 2.17 bits per heavy atom. The summed E-state index contributed by atoms with van der Waals surface area (Å²) < 4.78 is 0. The van der Waals surface area contributed by atoms with Gasteiger partial charge in [0.15, 0.2) is 0 Å². The molecule has 5 nitrogen and oxygen atoms in total. The minimum absolute atomic E-state index is 0.117. The van der Waals surface area contributed by atoms with Gasteiger partial charge in [0.1, 0.15) is 0 Å². The van der Waals surface area contributed by atoms with Crippen LogP contribution in [0.3, 0.4) is 0 Å². The molecule has 2 atom stereocenters. The highest BCUT2D eigenvalue weighted by Crippen LogP contribution is 2.32. The van der Waals surface area contributed by atoms with E-state index >= 15 is 0 Å². The highest BCUT2D eigenvalue weighted by molar-refractivity contribution is 7.99. The van der Waals surface area contributed by atoms with E-state index in [0.717, 1.165) is 45.2 Å². The summed E-state index contributed by atoms with van der Waals surface area (Å²) in [6.45, 7) is 7.76. The average molecular weight is 348 g/mol. The van der Waals surface area contributed by atoms with Crippen LogP contribution in [0.4, 0.5) is 0 Å². The van der Waals surface area contributed by atoms with Gasteiger partial charge in [-0.25, -0.2) is 0 Å². The van der Waals surface area contributed by atoms with Crippen molar-refractivity contribution in [3.63, 3.8) is 0 Å². The van der Waals surface area contributed by atoms with Crippen LogP contribution in [0.1, 0.15) is 52.9 Å². The molecule has 136 valence electrons. The Hall–Kier alpha value is -0.750. The van der Waals surface area contributed by atoms with Gasteiger partial charge < -0.3 is 10.2 Å². The lowest BCUT2D eigenvalue weighted by molar-refractivity contribution is -0.142. The minimum Gasteiger partial charge on any atom is -0.481 e. The van der Waals surface area contributed by atoms with E-state index in [0.29, 0.717) is 5.92 Å². The number of hydrogen-bond acceptors (Lipinski definition) is 4. The standard InChI is InChI=1S/C15H27NO4S.C2H6/c1-3-4-12(15(19)20)13(21-2)9-11-5-7-16(8-6-11)10-14(17)18;1-2/h11-13H,3-10H2,1-2H3,(H,17,18)(H,19,20);1-2H3. The third-order valence-corrected chi connectivity index (χ3v) is 5.43. The molecule has 6 heteroatoms. The fraction of sp³-hybridized carbons (Fsp3) is 0.882. The highest BCUT2D eigenvalue weighted by atomic mass is 32.2. The minimum atomic E-state index is -0.774. The van der Waals surface area contributed by atoms with Crippen LogP contribution in [-0.4, -0.2) is 58.2 Å². The maximum Gasteiger partial charge on any atom is 0.317 e. The van der Waals surface area contributed by atoms with Crippen LogP contribution in [0.2, 0.25) is 0 Å². The van der Waals surface area contributed by atoms with Crippen LogP contribution in [-0.2, 0) is 9.59 Å². The molecular weight excluding hydrogens is 314 g/mol. The number of carboxylic acids is 2. The van der Waals surface area contributed by atoms with Gasteiger partial charge in [-0.15, -0.1) is 0 Å². The van der Waals surface area contributed by atoms with Crippen molar-refractivity contribution in [1.82, 2.24) is 4.90 Å². The average Bonchev–Trinajstić information content (AvgIpc) is 2.53. The van der Waals surface area contributed by atoms with Crippen LogP contribution < -0.4 is 0 Å².